The van der Waals surface area contributed by atoms with Gasteiger partial charge in [0.05, 0.1) is 4.90 Å². The van der Waals surface area contributed by atoms with E-state index in [-0.39, 0.29) is 29.6 Å². The van der Waals surface area contributed by atoms with Crippen molar-refractivity contribution in [2.75, 3.05) is 11.9 Å². The lowest BCUT2D eigenvalue weighted by atomic mass is 10.2. The third-order valence-electron chi connectivity index (χ3n) is 4.96. The molecule has 6 nitrogen and oxygen atoms in total. The van der Waals surface area contributed by atoms with E-state index in [9.17, 15) is 18.0 Å². The van der Waals surface area contributed by atoms with Gasteiger partial charge in [0.15, 0.2) is 5.78 Å². The molecule has 3 rings (SSSR count). The molecule has 1 saturated carbocycles. The summed E-state index contributed by atoms with van der Waals surface area (Å²) in [6.07, 6.45) is 5.15. The van der Waals surface area contributed by atoms with Crippen molar-refractivity contribution in [3.63, 3.8) is 0 Å². The van der Waals surface area contributed by atoms with Gasteiger partial charge in [-0.2, -0.15) is 0 Å². The van der Waals surface area contributed by atoms with E-state index in [1.54, 1.807) is 0 Å². The Hall–Kier alpha value is -2.16. The zero-order valence-corrected chi connectivity index (χ0v) is 18.5. The molecule has 160 valence electrons. The highest BCUT2D eigenvalue weighted by Gasteiger charge is 2.16. The predicted molar refractivity (Wildman–Crippen MR) is 119 cm³/mol. The van der Waals surface area contributed by atoms with E-state index < -0.39 is 10.0 Å². The van der Waals surface area contributed by atoms with Gasteiger partial charge in [0.1, 0.15) is 0 Å². The summed E-state index contributed by atoms with van der Waals surface area (Å²) in [4.78, 5) is 24.7. The Balaban J connectivity index is 1.45. The quantitative estimate of drug-likeness (QED) is 0.563. The summed E-state index contributed by atoms with van der Waals surface area (Å²) in [6, 6.07) is 13.5. The lowest BCUT2D eigenvalue weighted by Crippen LogP contribution is -2.27. The second-order valence-electron chi connectivity index (χ2n) is 7.33. The fourth-order valence-corrected chi connectivity index (χ4v) is 5.57. The number of anilines is 1. The lowest BCUT2D eigenvalue weighted by Gasteiger charge is -2.10. The SMILES string of the molecule is CC(=O)c1ccc(S(=O)(=O)NCCC(=O)Nc2ccc(SC3CCCC3)cc2)cc1. The zero-order valence-electron chi connectivity index (χ0n) is 16.9. The van der Waals surface area contributed by atoms with Crippen molar-refractivity contribution in [1.29, 1.82) is 0 Å². The number of rotatable bonds is 9. The average Bonchev–Trinajstić information content (AvgIpc) is 3.22. The van der Waals surface area contributed by atoms with Gasteiger partial charge in [0, 0.05) is 34.4 Å². The van der Waals surface area contributed by atoms with Crippen molar-refractivity contribution in [3.8, 4) is 0 Å². The van der Waals surface area contributed by atoms with Gasteiger partial charge < -0.3 is 5.32 Å². The van der Waals surface area contributed by atoms with Crippen LogP contribution in [0.2, 0.25) is 0 Å². The van der Waals surface area contributed by atoms with Crippen molar-refractivity contribution in [3.05, 3.63) is 54.1 Å². The van der Waals surface area contributed by atoms with Crippen LogP contribution < -0.4 is 10.0 Å². The molecule has 0 spiro atoms. The maximum Gasteiger partial charge on any atom is 0.240 e. The molecule has 0 aliphatic heterocycles. The lowest BCUT2D eigenvalue weighted by molar-refractivity contribution is -0.116. The number of benzene rings is 2. The molecule has 1 fully saturated rings. The topological polar surface area (TPSA) is 92.3 Å². The zero-order chi connectivity index (χ0) is 21.6. The van der Waals surface area contributed by atoms with Gasteiger partial charge in [-0.05, 0) is 56.2 Å². The first-order valence-corrected chi connectivity index (χ1v) is 12.4. The van der Waals surface area contributed by atoms with Crippen LogP contribution in [0.3, 0.4) is 0 Å². The standard InChI is InChI=1S/C22H26N2O4S2/c1-16(25)17-6-12-21(13-7-17)30(27,28)23-15-14-22(26)24-18-8-10-20(11-9-18)29-19-4-2-3-5-19/h6-13,19,23H,2-5,14-15H2,1H3,(H,24,26). The summed E-state index contributed by atoms with van der Waals surface area (Å²) in [6.45, 7) is 1.40. The third-order valence-corrected chi connectivity index (χ3v) is 7.78. The molecule has 0 atom stereocenters. The van der Waals surface area contributed by atoms with Crippen LogP contribution in [0.5, 0.6) is 0 Å². The molecule has 1 aliphatic carbocycles. The number of Topliss-reactive ketones (excluding diaryl/α,β-unsaturated/α-hetero) is 1. The smallest absolute Gasteiger partial charge is 0.240 e. The molecule has 0 aromatic heterocycles. The molecule has 1 aliphatic rings. The van der Waals surface area contributed by atoms with Crippen LogP contribution in [-0.2, 0) is 14.8 Å². The van der Waals surface area contributed by atoms with Crippen LogP contribution in [0.15, 0.2) is 58.3 Å². The second-order valence-corrected chi connectivity index (χ2v) is 10.5. The third kappa shape index (κ3) is 6.42. The summed E-state index contributed by atoms with van der Waals surface area (Å²) in [5, 5.41) is 3.48. The Morgan fingerprint density at radius 2 is 1.63 bits per heavy atom. The number of thioether (sulfide) groups is 1. The van der Waals surface area contributed by atoms with Crippen LogP contribution in [-0.4, -0.2) is 31.9 Å². The number of hydrogen-bond acceptors (Lipinski definition) is 5. The summed E-state index contributed by atoms with van der Waals surface area (Å²) in [5.41, 5.74) is 1.14. The van der Waals surface area contributed by atoms with E-state index in [1.807, 2.05) is 36.0 Å². The monoisotopic (exact) mass is 446 g/mol. The van der Waals surface area contributed by atoms with Crippen LogP contribution >= 0.6 is 11.8 Å². The first kappa shape index (κ1) is 22.5. The van der Waals surface area contributed by atoms with Crippen LogP contribution in [0.1, 0.15) is 49.4 Å². The largest absolute Gasteiger partial charge is 0.326 e. The Morgan fingerprint density at radius 3 is 2.23 bits per heavy atom. The van der Waals surface area contributed by atoms with Crippen molar-refractivity contribution < 1.29 is 18.0 Å². The average molecular weight is 447 g/mol. The highest BCUT2D eigenvalue weighted by Crippen LogP contribution is 2.34. The van der Waals surface area contributed by atoms with E-state index in [1.165, 1.54) is 61.8 Å². The number of ketones is 1. The molecule has 0 bridgehead atoms. The van der Waals surface area contributed by atoms with Crippen molar-refractivity contribution in [2.24, 2.45) is 0 Å². The number of sulfonamides is 1. The van der Waals surface area contributed by atoms with Crippen LogP contribution in [0, 0.1) is 0 Å². The summed E-state index contributed by atoms with van der Waals surface area (Å²) >= 11 is 1.89. The minimum absolute atomic E-state index is 0.0156. The Labute approximate surface area is 181 Å². The van der Waals surface area contributed by atoms with E-state index in [0.717, 1.165) is 0 Å². The van der Waals surface area contributed by atoms with Crippen molar-refractivity contribution in [1.82, 2.24) is 4.72 Å². The highest BCUT2D eigenvalue weighted by atomic mass is 32.2. The Bertz CT molecular complexity index is 981. The summed E-state index contributed by atoms with van der Waals surface area (Å²) < 4.78 is 27.0. The summed E-state index contributed by atoms with van der Waals surface area (Å²) in [5.74, 6) is -0.394. The number of amides is 1. The predicted octanol–water partition coefficient (Wildman–Crippen LogP) is 4.23. The maximum atomic E-state index is 12.3. The van der Waals surface area contributed by atoms with E-state index >= 15 is 0 Å². The molecule has 0 heterocycles. The molecule has 1 amide bonds. The normalized spacial score (nSPS) is 14.6. The molecule has 2 aromatic carbocycles. The van der Waals surface area contributed by atoms with Gasteiger partial charge in [-0.15, -0.1) is 11.8 Å². The van der Waals surface area contributed by atoms with Gasteiger partial charge >= 0.3 is 0 Å². The van der Waals surface area contributed by atoms with Crippen LogP contribution in [0.25, 0.3) is 0 Å². The Morgan fingerprint density at radius 1 is 1.00 bits per heavy atom. The van der Waals surface area contributed by atoms with Gasteiger partial charge in [0.25, 0.3) is 0 Å². The molecule has 2 N–H and O–H groups in total. The molecule has 2 aromatic rings. The van der Waals surface area contributed by atoms with E-state index in [2.05, 4.69) is 10.0 Å². The number of hydrogen-bond donors (Lipinski definition) is 2. The van der Waals surface area contributed by atoms with Gasteiger partial charge in [-0.25, -0.2) is 13.1 Å². The fraction of sp³-hybridized carbons (Fsp3) is 0.364. The first-order chi connectivity index (χ1) is 14.3. The molecular weight excluding hydrogens is 420 g/mol. The summed E-state index contributed by atoms with van der Waals surface area (Å²) in [7, 11) is -3.73. The first-order valence-electron chi connectivity index (χ1n) is 10.0. The minimum Gasteiger partial charge on any atom is -0.326 e. The molecule has 0 saturated heterocycles. The molecule has 30 heavy (non-hydrogen) atoms. The van der Waals surface area contributed by atoms with E-state index in [4.69, 9.17) is 0 Å². The van der Waals surface area contributed by atoms with Gasteiger partial charge in [-0.1, -0.05) is 25.0 Å². The fourth-order valence-electron chi connectivity index (χ4n) is 3.29. The Kier molecular flexibility index (Phi) is 7.69. The van der Waals surface area contributed by atoms with Crippen molar-refractivity contribution >= 4 is 39.2 Å². The number of carbonyl (C=O) groups is 2. The molecule has 0 radical (unpaired) electrons. The molecule has 8 heteroatoms. The van der Waals surface area contributed by atoms with E-state index in [0.29, 0.717) is 16.5 Å². The number of carbonyl (C=O) groups excluding carboxylic acids is 2. The molecule has 0 unspecified atom stereocenters. The number of nitrogens with one attached hydrogen (secondary N) is 2. The molecular formula is C22H26N2O4S2. The maximum absolute atomic E-state index is 12.3. The van der Waals surface area contributed by atoms with Crippen LogP contribution in [0.4, 0.5) is 5.69 Å². The van der Waals surface area contributed by atoms with Gasteiger partial charge in [-0.3, -0.25) is 9.59 Å². The second kappa shape index (κ2) is 10.2. The van der Waals surface area contributed by atoms with Crippen molar-refractivity contribution in [2.45, 2.75) is 54.1 Å². The van der Waals surface area contributed by atoms with Gasteiger partial charge in [0.2, 0.25) is 15.9 Å². The minimum atomic E-state index is -3.73. The highest BCUT2D eigenvalue weighted by molar-refractivity contribution is 8.00.